The van der Waals surface area contributed by atoms with E-state index in [1.807, 2.05) is 23.1 Å². The Kier molecular flexibility index (Phi) is 7.04. The van der Waals surface area contributed by atoms with Gasteiger partial charge < -0.3 is 14.7 Å². The molecule has 9 nitrogen and oxygen atoms in total. The molecule has 0 aliphatic carbocycles. The zero-order chi connectivity index (χ0) is 28.9. The number of benzene rings is 1. The highest BCUT2D eigenvalue weighted by Gasteiger charge is 2.54. The highest BCUT2D eigenvalue weighted by atomic mass is 35.5. The van der Waals surface area contributed by atoms with E-state index in [1.54, 1.807) is 12.1 Å². The second-order valence-corrected chi connectivity index (χ2v) is 11.7. The van der Waals surface area contributed by atoms with Crippen molar-refractivity contribution in [1.82, 2.24) is 19.7 Å². The molecule has 41 heavy (non-hydrogen) atoms. The third-order valence-electron chi connectivity index (χ3n) is 8.22. The Bertz CT molecular complexity index is 1400. The first-order valence-corrected chi connectivity index (χ1v) is 13.6. The van der Waals surface area contributed by atoms with Gasteiger partial charge in [0.25, 0.3) is 0 Å². The lowest BCUT2D eigenvalue weighted by Crippen LogP contribution is -2.74. The van der Waals surface area contributed by atoms with Gasteiger partial charge in [-0.1, -0.05) is 11.6 Å². The smallest absolute Gasteiger partial charge is 0.355 e. The zero-order valence-corrected chi connectivity index (χ0v) is 22.9. The van der Waals surface area contributed by atoms with Crippen LogP contribution in [-0.2, 0) is 6.54 Å². The van der Waals surface area contributed by atoms with Crippen molar-refractivity contribution >= 4 is 35.8 Å². The van der Waals surface area contributed by atoms with E-state index < -0.39 is 18.5 Å². The summed E-state index contributed by atoms with van der Waals surface area (Å²) in [6.45, 7) is 8.10. The lowest BCUT2D eigenvalue weighted by Gasteiger charge is -2.61. The Balaban J connectivity index is 1.14. The number of alkyl halides is 3. The van der Waals surface area contributed by atoms with Crippen LogP contribution in [0.1, 0.15) is 11.3 Å². The molecular formula is C27H28ClF4N9. The number of halogens is 5. The van der Waals surface area contributed by atoms with E-state index in [9.17, 15) is 17.6 Å². The Hall–Kier alpha value is -3.47. The van der Waals surface area contributed by atoms with Crippen molar-refractivity contribution in [2.24, 2.45) is 15.6 Å². The third-order valence-corrected chi connectivity index (χ3v) is 8.46. The Labute approximate surface area is 239 Å². The molecule has 4 aliphatic heterocycles. The van der Waals surface area contributed by atoms with Gasteiger partial charge in [0, 0.05) is 87.8 Å². The normalized spacial score (nSPS) is 21.5. The minimum atomic E-state index is -4.20. The van der Waals surface area contributed by atoms with E-state index in [2.05, 4.69) is 36.6 Å². The van der Waals surface area contributed by atoms with E-state index in [0.717, 1.165) is 37.4 Å². The van der Waals surface area contributed by atoms with E-state index in [0.29, 0.717) is 49.5 Å². The third kappa shape index (κ3) is 5.43. The first-order chi connectivity index (χ1) is 19.6. The van der Waals surface area contributed by atoms with Gasteiger partial charge in [-0.3, -0.25) is 9.80 Å². The zero-order valence-electron chi connectivity index (χ0n) is 22.2. The molecule has 4 aliphatic rings. The number of nitriles is 1. The van der Waals surface area contributed by atoms with Crippen LogP contribution in [0.25, 0.3) is 0 Å². The number of hydrogen-bond acceptors (Lipinski definition) is 7. The molecule has 1 aromatic carbocycles. The monoisotopic (exact) mass is 589 g/mol. The van der Waals surface area contributed by atoms with Gasteiger partial charge in [-0.15, -0.1) is 5.10 Å². The second-order valence-electron chi connectivity index (χ2n) is 11.2. The van der Waals surface area contributed by atoms with Crippen molar-refractivity contribution in [3.05, 3.63) is 52.4 Å². The molecule has 0 amide bonds. The maximum atomic E-state index is 13.7. The SMILES string of the molecule is C=N/N=C(/N1CC2(C1)CN(c1ccc(F)c(C#N)n1)C2)N1CCN(C2CN(CC(F)(F)F)C2)Cc2cc(Cl)ccc21. The topological polar surface area (TPSA) is 77.6 Å². The summed E-state index contributed by atoms with van der Waals surface area (Å²) in [6, 6.07) is 10.3. The van der Waals surface area contributed by atoms with Gasteiger partial charge in [-0.25, -0.2) is 9.37 Å². The lowest BCUT2D eigenvalue weighted by atomic mass is 9.73. The number of fused-ring (bicyclic) bond motifs is 1. The summed E-state index contributed by atoms with van der Waals surface area (Å²) in [5.41, 5.74) is 1.71. The molecule has 14 heteroatoms. The van der Waals surface area contributed by atoms with Gasteiger partial charge in [0.05, 0.1) is 6.54 Å². The van der Waals surface area contributed by atoms with Crippen molar-refractivity contribution in [2.75, 3.05) is 68.7 Å². The number of anilines is 2. The molecule has 216 valence electrons. The first-order valence-electron chi connectivity index (χ1n) is 13.3. The predicted molar refractivity (Wildman–Crippen MR) is 148 cm³/mol. The van der Waals surface area contributed by atoms with Gasteiger partial charge in [-0.05, 0) is 35.9 Å². The summed E-state index contributed by atoms with van der Waals surface area (Å²) >= 11 is 6.36. The van der Waals surface area contributed by atoms with Gasteiger partial charge in [-0.2, -0.15) is 23.5 Å². The van der Waals surface area contributed by atoms with Crippen molar-refractivity contribution in [3.8, 4) is 6.07 Å². The minimum absolute atomic E-state index is 0.0133. The largest absolute Gasteiger partial charge is 0.401 e. The quantitative estimate of drug-likeness (QED) is 0.234. The molecule has 2 aromatic rings. The second kappa shape index (κ2) is 10.4. The van der Waals surface area contributed by atoms with Gasteiger partial charge in [0.1, 0.15) is 11.9 Å². The van der Waals surface area contributed by atoms with Gasteiger partial charge in [0.2, 0.25) is 5.96 Å². The molecule has 1 aromatic heterocycles. The van der Waals surface area contributed by atoms with Crippen LogP contribution in [0.3, 0.4) is 0 Å². The molecule has 0 radical (unpaired) electrons. The van der Waals surface area contributed by atoms with E-state index in [1.165, 1.54) is 11.0 Å². The number of pyridine rings is 1. The Morgan fingerprint density at radius 3 is 2.59 bits per heavy atom. The fraction of sp³-hybridized carbons (Fsp3) is 0.481. The van der Waals surface area contributed by atoms with Crippen LogP contribution in [0.15, 0.2) is 40.5 Å². The molecule has 0 bridgehead atoms. The molecule has 6 rings (SSSR count). The summed E-state index contributed by atoms with van der Waals surface area (Å²) in [7, 11) is 0. The van der Waals surface area contributed by atoms with E-state index >= 15 is 0 Å². The molecule has 3 saturated heterocycles. The molecule has 1 spiro atoms. The summed E-state index contributed by atoms with van der Waals surface area (Å²) in [6.07, 6.45) is -4.20. The van der Waals surface area contributed by atoms with Crippen molar-refractivity contribution in [1.29, 1.82) is 5.26 Å². The number of aromatic nitrogens is 1. The Morgan fingerprint density at radius 2 is 1.90 bits per heavy atom. The Morgan fingerprint density at radius 1 is 1.15 bits per heavy atom. The first kappa shape index (κ1) is 27.7. The van der Waals surface area contributed by atoms with Crippen molar-refractivity contribution < 1.29 is 17.6 Å². The van der Waals surface area contributed by atoms with Crippen LogP contribution in [0.2, 0.25) is 5.02 Å². The van der Waals surface area contributed by atoms with Crippen molar-refractivity contribution in [3.63, 3.8) is 0 Å². The summed E-state index contributed by atoms with van der Waals surface area (Å²) in [4.78, 5) is 14.0. The summed E-state index contributed by atoms with van der Waals surface area (Å²) in [5.74, 6) is 0.609. The maximum Gasteiger partial charge on any atom is 0.401 e. The van der Waals surface area contributed by atoms with Crippen LogP contribution in [-0.4, -0.2) is 103 Å². The van der Waals surface area contributed by atoms with Crippen LogP contribution in [0.4, 0.5) is 29.1 Å². The number of hydrogen-bond donors (Lipinski definition) is 0. The van der Waals surface area contributed by atoms with Crippen LogP contribution in [0.5, 0.6) is 0 Å². The molecule has 0 saturated carbocycles. The maximum absolute atomic E-state index is 13.7. The average molecular weight is 590 g/mol. The molecule has 5 heterocycles. The van der Waals surface area contributed by atoms with Crippen LogP contribution in [0, 0.1) is 22.6 Å². The molecule has 3 fully saturated rings. The molecular weight excluding hydrogens is 562 g/mol. The van der Waals surface area contributed by atoms with Gasteiger partial charge in [0.15, 0.2) is 11.5 Å². The lowest BCUT2D eigenvalue weighted by molar-refractivity contribution is -0.160. The number of nitrogens with zero attached hydrogens (tertiary/aromatic N) is 9. The standard InChI is InChI=1S/C27H28ClF4N9/c1-34-36-25(40-15-26(16-40)13-39(14-26)24-5-3-21(29)22(9-33)35-24)41-7-6-38(10-18-8-19(28)2-4-23(18)41)20-11-37(12-20)17-27(30,31)32/h2-5,8,20H,1,6-7,10-17H2/b36-25-. The number of likely N-dealkylation sites (tertiary alicyclic amines) is 2. The highest BCUT2D eigenvalue weighted by Crippen LogP contribution is 2.43. The molecule has 0 unspecified atom stereocenters. The minimum Gasteiger partial charge on any atom is -0.355 e. The highest BCUT2D eigenvalue weighted by molar-refractivity contribution is 6.30. The van der Waals surface area contributed by atoms with E-state index in [4.69, 9.17) is 16.9 Å². The predicted octanol–water partition coefficient (Wildman–Crippen LogP) is 3.41. The number of guanidine groups is 1. The molecule has 0 N–H and O–H groups in total. The summed E-state index contributed by atoms with van der Waals surface area (Å²) < 4.78 is 52.2. The fourth-order valence-electron chi connectivity index (χ4n) is 6.33. The van der Waals surface area contributed by atoms with Crippen molar-refractivity contribution in [2.45, 2.75) is 18.8 Å². The number of rotatable bonds is 4. The summed E-state index contributed by atoms with van der Waals surface area (Å²) in [5, 5.41) is 18.0. The van der Waals surface area contributed by atoms with Crippen LogP contribution < -0.4 is 9.80 Å². The molecule has 0 atom stereocenters. The van der Waals surface area contributed by atoms with E-state index in [-0.39, 0.29) is 17.2 Å². The fourth-order valence-corrected chi connectivity index (χ4v) is 6.53. The average Bonchev–Trinajstić information content (AvgIpc) is 3.02. The van der Waals surface area contributed by atoms with Gasteiger partial charge >= 0.3 is 6.18 Å². The van der Waals surface area contributed by atoms with Crippen LogP contribution >= 0.6 is 11.6 Å².